The normalized spacial score (nSPS) is 27.9. The summed E-state index contributed by atoms with van der Waals surface area (Å²) in [6, 6.07) is 0. The largest absolute Gasteiger partial charge is 0.381 e. The van der Waals surface area contributed by atoms with E-state index in [0.29, 0.717) is 5.82 Å². The van der Waals surface area contributed by atoms with E-state index in [2.05, 4.69) is 21.0 Å². The molecule has 0 aromatic carbocycles. The van der Waals surface area contributed by atoms with Gasteiger partial charge in [0.05, 0.1) is 4.47 Å². The molecule has 0 amide bonds. The van der Waals surface area contributed by atoms with Crippen LogP contribution >= 0.6 is 15.9 Å². The summed E-state index contributed by atoms with van der Waals surface area (Å²) in [6.45, 7) is 1.05. The van der Waals surface area contributed by atoms with Gasteiger partial charge in [-0.05, 0) is 46.5 Å². The van der Waals surface area contributed by atoms with E-state index in [1.165, 1.54) is 19.3 Å². The van der Waals surface area contributed by atoms with Gasteiger partial charge in [-0.2, -0.15) is 5.10 Å². The molecule has 2 aliphatic carbocycles. The van der Waals surface area contributed by atoms with E-state index in [1.807, 2.05) is 10.9 Å². The number of hydrogen-bond acceptors (Lipinski definition) is 2. The molecule has 2 aliphatic rings. The second-order valence-corrected chi connectivity index (χ2v) is 5.20. The molecular formula is C9H12BrN3. The van der Waals surface area contributed by atoms with E-state index in [4.69, 9.17) is 5.73 Å². The maximum atomic E-state index is 5.64. The Labute approximate surface area is 85.4 Å². The zero-order chi connectivity index (χ0) is 9.05. The van der Waals surface area contributed by atoms with E-state index in [1.54, 1.807) is 0 Å². The number of nitrogens with two attached hydrogens (primary N) is 1. The van der Waals surface area contributed by atoms with Gasteiger partial charge in [0.25, 0.3) is 0 Å². The number of rotatable bonds is 2. The van der Waals surface area contributed by atoms with Gasteiger partial charge in [0, 0.05) is 12.7 Å². The average Bonchev–Trinajstić information content (AvgIpc) is 2.93. The third kappa shape index (κ3) is 1.19. The Bertz CT molecular complexity index is 334. The molecular weight excluding hydrogens is 230 g/mol. The number of nitrogens with zero attached hydrogens (tertiary/aromatic N) is 2. The molecule has 2 saturated carbocycles. The highest BCUT2D eigenvalue weighted by molar-refractivity contribution is 9.10. The van der Waals surface area contributed by atoms with Crippen LogP contribution in [0.25, 0.3) is 0 Å². The summed E-state index contributed by atoms with van der Waals surface area (Å²) in [7, 11) is 0. The van der Waals surface area contributed by atoms with Crippen LogP contribution in [0.2, 0.25) is 0 Å². The molecule has 1 aromatic heterocycles. The molecule has 1 spiro atoms. The van der Waals surface area contributed by atoms with Crippen LogP contribution < -0.4 is 5.73 Å². The minimum absolute atomic E-state index is 0.602. The van der Waals surface area contributed by atoms with Crippen molar-refractivity contribution >= 4 is 21.7 Å². The summed E-state index contributed by atoms with van der Waals surface area (Å²) in [6.07, 6.45) is 6.26. The number of anilines is 1. The van der Waals surface area contributed by atoms with Crippen LogP contribution in [0.1, 0.15) is 19.3 Å². The first-order chi connectivity index (χ1) is 6.20. The Morgan fingerprint density at radius 3 is 2.92 bits per heavy atom. The molecule has 3 nitrogen and oxygen atoms in total. The number of hydrogen-bond donors (Lipinski definition) is 1. The monoisotopic (exact) mass is 241 g/mol. The molecule has 13 heavy (non-hydrogen) atoms. The highest BCUT2D eigenvalue weighted by Crippen LogP contribution is 2.70. The third-order valence-corrected chi connectivity index (χ3v) is 4.01. The second kappa shape index (κ2) is 2.29. The first-order valence-electron chi connectivity index (χ1n) is 4.68. The van der Waals surface area contributed by atoms with Gasteiger partial charge in [0.1, 0.15) is 0 Å². The average molecular weight is 242 g/mol. The molecule has 70 valence electrons. The minimum atomic E-state index is 0.602. The van der Waals surface area contributed by atoms with Gasteiger partial charge in [-0.15, -0.1) is 0 Å². The molecule has 1 aromatic rings. The Kier molecular flexibility index (Phi) is 1.38. The fourth-order valence-electron chi connectivity index (χ4n) is 2.19. The zero-order valence-electron chi connectivity index (χ0n) is 7.33. The lowest BCUT2D eigenvalue weighted by atomic mass is 10.3. The quantitative estimate of drug-likeness (QED) is 0.862. The Morgan fingerprint density at radius 1 is 1.69 bits per heavy atom. The molecule has 0 aliphatic heterocycles. The van der Waals surface area contributed by atoms with E-state index in [0.717, 1.165) is 22.4 Å². The van der Waals surface area contributed by atoms with Crippen LogP contribution in [0.3, 0.4) is 0 Å². The minimum Gasteiger partial charge on any atom is -0.381 e. The van der Waals surface area contributed by atoms with Crippen LogP contribution in [-0.4, -0.2) is 9.78 Å². The predicted octanol–water partition coefficient (Wildman–Crippen LogP) is 2.03. The third-order valence-electron chi connectivity index (χ3n) is 3.40. The number of nitrogen functional groups attached to an aromatic ring is 1. The van der Waals surface area contributed by atoms with Crippen LogP contribution in [0.15, 0.2) is 10.7 Å². The van der Waals surface area contributed by atoms with Gasteiger partial charge in [-0.1, -0.05) is 0 Å². The van der Waals surface area contributed by atoms with Gasteiger partial charge >= 0.3 is 0 Å². The van der Waals surface area contributed by atoms with Crippen LogP contribution in [-0.2, 0) is 6.54 Å². The topological polar surface area (TPSA) is 43.8 Å². The fraction of sp³-hybridized carbons (Fsp3) is 0.667. The lowest BCUT2D eigenvalue weighted by Gasteiger charge is -1.97. The Balaban J connectivity index is 1.72. The van der Waals surface area contributed by atoms with Crippen molar-refractivity contribution in [3.63, 3.8) is 0 Å². The molecule has 1 unspecified atom stereocenters. The first-order valence-corrected chi connectivity index (χ1v) is 5.47. The Morgan fingerprint density at radius 2 is 2.46 bits per heavy atom. The maximum Gasteiger partial charge on any atom is 0.159 e. The van der Waals surface area contributed by atoms with Crippen molar-refractivity contribution in [3.8, 4) is 0 Å². The molecule has 4 heteroatoms. The van der Waals surface area contributed by atoms with Gasteiger partial charge in [0.2, 0.25) is 0 Å². The lowest BCUT2D eigenvalue weighted by molar-refractivity contribution is 0.527. The van der Waals surface area contributed by atoms with Gasteiger partial charge in [-0.3, -0.25) is 4.68 Å². The predicted molar refractivity (Wildman–Crippen MR) is 54.1 cm³/mol. The van der Waals surface area contributed by atoms with E-state index in [9.17, 15) is 0 Å². The molecule has 2 fully saturated rings. The molecule has 3 rings (SSSR count). The van der Waals surface area contributed by atoms with Crippen molar-refractivity contribution in [2.45, 2.75) is 25.8 Å². The van der Waals surface area contributed by atoms with Crippen LogP contribution in [0.5, 0.6) is 0 Å². The van der Waals surface area contributed by atoms with Crippen molar-refractivity contribution < 1.29 is 0 Å². The summed E-state index contributed by atoms with van der Waals surface area (Å²) >= 11 is 3.36. The first kappa shape index (κ1) is 7.85. The van der Waals surface area contributed by atoms with Crippen molar-refractivity contribution in [1.82, 2.24) is 9.78 Å². The van der Waals surface area contributed by atoms with E-state index in [-0.39, 0.29) is 0 Å². The van der Waals surface area contributed by atoms with Crippen LogP contribution in [0.4, 0.5) is 5.82 Å². The summed E-state index contributed by atoms with van der Waals surface area (Å²) < 4.78 is 2.88. The van der Waals surface area contributed by atoms with Crippen molar-refractivity contribution in [2.75, 3.05) is 5.73 Å². The van der Waals surface area contributed by atoms with Gasteiger partial charge in [0.15, 0.2) is 5.82 Å². The molecule has 0 saturated heterocycles. The van der Waals surface area contributed by atoms with E-state index < -0.39 is 0 Å². The molecule has 0 bridgehead atoms. The van der Waals surface area contributed by atoms with Crippen molar-refractivity contribution in [1.29, 1.82) is 0 Å². The van der Waals surface area contributed by atoms with Crippen molar-refractivity contribution in [2.24, 2.45) is 11.3 Å². The number of aromatic nitrogens is 2. The van der Waals surface area contributed by atoms with Gasteiger partial charge in [-0.25, -0.2) is 0 Å². The van der Waals surface area contributed by atoms with Gasteiger partial charge < -0.3 is 5.73 Å². The molecule has 2 N–H and O–H groups in total. The van der Waals surface area contributed by atoms with Crippen molar-refractivity contribution in [3.05, 3.63) is 10.7 Å². The maximum absolute atomic E-state index is 5.64. The fourth-order valence-corrected chi connectivity index (χ4v) is 2.51. The summed E-state index contributed by atoms with van der Waals surface area (Å²) in [5.74, 6) is 1.48. The molecule has 0 radical (unpaired) electrons. The van der Waals surface area contributed by atoms with E-state index >= 15 is 0 Å². The highest BCUT2D eigenvalue weighted by atomic mass is 79.9. The molecule has 1 heterocycles. The summed E-state index contributed by atoms with van der Waals surface area (Å²) in [4.78, 5) is 0. The standard InChI is InChI=1S/C9H12BrN3/c10-7-5-13(12-8(7)11)4-6-3-9(6)1-2-9/h5-6H,1-4H2,(H2,11,12). The highest BCUT2D eigenvalue weighted by Gasteiger charge is 2.62. The second-order valence-electron chi connectivity index (χ2n) is 4.35. The summed E-state index contributed by atoms with van der Waals surface area (Å²) in [5.41, 5.74) is 6.40. The molecule has 1 atom stereocenters. The summed E-state index contributed by atoms with van der Waals surface area (Å²) in [5, 5.41) is 4.23. The lowest BCUT2D eigenvalue weighted by Crippen LogP contribution is -2.02. The smallest absolute Gasteiger partial charge is 0.159 e. The SMILES string of the molecule is Nc1nn(CC2CC23CC3)cc1Br. The Hall–Kier alpha value is -0.510. The number of halogens is 1. The zero-order valence-corrected chi connectivity index (χ0v) is 8.92. The van der Waals surface area contributed by atoms with Crippen LogP contribution in [0, 0.1) is 11.3 Å².